The Morgan fingerprint density at radius 3 is 2.11 bits per heavy atom. The summed E-state index contributed by atoms with van der Waals surface area (Å²) in [6.45, 7) is 0. The molecule has 2 heteroatoms. The van der Waals surface area contributed by atoms with E-state index in [9.17, 15) is 0 Å². The zero-order valence-corrected chi connectivity index (χ0v) is 24.9. The molecule has 214 valence electrons. The first-order valence-corrected chi connectivity index (χ1v) is 15.5. The van der Waals surface area contributed by atoms with Crippen LogP contribution in [0.3, 0.4) is 0 Å². The van der Waals surface area contributed by atoms with Crippen molar-refractivity contribution < 1.29 is 0 Å². The Kier molecular flexibility index (Phi) is 6.73. The van der Waals surface area contributed by atoms with Gasteiger partial charge in [-0.2, -0.15) is 0 Å². The van der Waals surface area contributed by atoms with Gasteiger partial charge in [0.15, 0.2) is 0 Å². The first-order chi connectivity index (χ1) is 22.3. The van der Waals surface area contributed by atoms with Crippen molar-refractivity contribution in [1.29, 1.82) is 0 Å². The van der Waals surface area contributed by atoms with Crippen LogP contribution in [0.2, 0.25) is 0 Å². The lowest BCUT2D eigenvalue weighted by molar-refractivity contribution is 1.19. The highest BCUT2D eigenvalue weighted by Crippen LogP contribution is 2.40. The minimum absolute atomic E-state index is 0.876. The smallest absolute Gasteiger partial charge is 0.0619 e. The van der Waals surface area contributed by atoms with Gasteiger partial charge in [-0.1, -0.05) is 133 Å². The number of para-hydroxylation sites is 1. The maximum atomic E-state index is 5.44. The molecule has 7 aromatic carbocycles. The van der Waals surface area contributed by atoms with Crippen molar-refractivity contribution in [3.05, 3.63) is 176 Å². The normalized spacial score (nSPS) is 12.0. The van der Waals surface area contributed by atoms with Gasteiger partial charge in [-0.15, -0.1) is 0 Å². The fraction of sp³-hybridized carbons (Fsp3) is 0.0233. The van der Waals surface area contributed by atoms with Crippen LogP contribution in [0.4, 0.5) is 0 Å². The molecule has 0 amide bonds. The molecule has 2 N–H and O–H groups in total. The molecule has 45 heavy (non-hydrogen) atoms. The Morgan fingerprint density at radius 1 is 0.511 bits per heavy atom. The first kappa shape index (κ1) is 26.7. The Morgan fingerprint density at radius 2 is 1.24 bits per heavy atom. The second-order valence-electron chi connectivity index (χ2n) is 11.5. The lowest BCUT2D eigenvalue weighted by atomic mass is 9.95. The maximum absolute atomic E-state index is 5.44. The minimum atomic E-state index is 0.876. The lowest BCUT2D eigenvalue weighted by Gasteiger charge is -2.12. The van der Waals surface area contributed by atoms with Gasteiger partial charge in [0.1, 0.15) is 0 Å². The quantitative estimate of drug-likeness (QED) is 0.196. The molecule has 1 aromatic heterocycles. The average Bonchev–Trinajstić information content (AvgIpc) is 3.44. The fourth-order valence-corrected chi connectivity index (χ4v) is 6.69. The average molecular weight is 577 g/mol. The number of benzene rings is 7. The maximum Gasteiger partial charge on any atom is 0.0619 e. The third-order valence-electron chi connectivity index (χ3n) is 8.86. The molecule has 8 aromatic rings. The van der Waals surface area contributed by atoms with Gasteiger partial charge in [0, 0.05) is 21.8 Å². The lowest BCUT2D eigenvalue weighted by Crippen LogP contribution is -1.94. The van der Waals surface area contributed by atoms with Crippen LogP contribution in [0.1, 0.15) is 5.56 Å². The largest absolute Gasteiger partial charge is 0.405 e. The molecule has 0 aliphatic carbocycles. The van der Waals surface area contributed by atoms with Gasteiger partial charge in [-0.05, 0) is 86.9 Å². The van der Waals surface area contributed by atoms with Crippen LogP contribution >= 0.6 is 0 Å². The van der Waals surface area contributed by atoms with Gasteiger partial charge >= 0.3 is 0 Å². The zero-order valence-electron chi connectivity index (χ0n) is 24.9. The number of hydrogen-bond donors (Lipinski definition) is 1. The summed E-state index contributed by atoms with van der Waals surface area (Å²) in [4.78, 5) is 0. The molecule has 0 spiro atoms. The number of nitrogens with two attached hydrogens (primary N) is 1. The standard InChI is InChI=1S/C43H32N2/c44-27-8-2-3-10-30-17-19-31(20-18-30)33-21-25-40-41-26-23-35-28-34(38-16-9-12-32-11-6-7-15-37(32)38)22-24-39(35)43(41)45(42(40)29-33)36-13-4-1-5-14-36/h1-9,11-29H,10,44H2/b3-2-,27-8-. The summed E-state index contributed by atoms with van der Waals surface area (Å²) in [5.41, 5.74) is 15.2. The second-order valence-corrected chi connectivity index (χ2v) is 11.5. The Bertz CT molecular complexity index is 2390. The van der Waals surface area contributed by atoms with Crippen LogP contribution in [0.15, 0.2) is 170 Å². The number of fused-ring (bicyclic) bond motifs is 6. The van der Waals surface area contributed by atoms with Crippen LogP contribution in [-0.2, 0) is 6.42 Å². The van der Waals surface area contributed by atoms with Crippen LogP contribution in [0.25, 0.3) is 71.3 Å². The van der Waals surface area contributed by atoms with Crippen molar-refractivity contribution in [2.24, 2.45) is 5.73 Å². The van der Waals surface area contributed by atoms with Crippen molar-refractivity contribution in [2.75, 3.05) is 0 Å². The van der Waals surface area contributed by atoms with Crippen molar-refractivity contribution in [1.82, 2.24) is 4.57 Å². The number of rotatable bonds is 6. The van der Waals surface area contributed by atoms with Gasteiger partial charge in [0.25, 0.3) is 0 Å². The summed E-state index contributed by atoms with van der Waals surface area (Å²) in [7, 11) is 0. The van der Waals surface area contributed by atoms with E-state index >= 15 is 0 Å². The van der Waals surface area contributed by atoms with E-state index in [2.05, 4.69) is 156 Å². The molecule has 0 saturated heterocycles. The highest BCUT2D eigenvalue weighted by Gasteiger charge is 2.16. The van der Waals surface area contributed by atoms with Crippen LogP contribution in [0.5, 0.6) is 0 Å². The molecule has 0 unspecified atom stereocenters. The molecule has 1 heterocycles. The fourth-order valence-electron chi connectivity index (χ4n) is 6.69. The van der Waals surface area contributed by atoms with E-state index in [1.54, 1.807) is 6.20 Å². The minimum Gasteiger partial charge on any atom is -0.405 e. The molecule has 0 radical (unpaired) electrons. The highest BCUT2D eigenvalue weighted by molar-refractivity contribution is 6.19. The van der Waals surface area contributed by atoms with Gasteiger partial charge in [0.05, 0.1) is 11.0 Å². The molecule has 0 atom stereocenters. The second kappa shape index (κ2) is 11.3. The predicted molar refractivity (Wildman–Crippen MR) is 193 cm³/mol. The van der Waals surface area contributed by atoms with Crippen LogP contribution in [-0.4, -0.2) is 4.57 Å². The van der Waals surface area contributed by atoms with Gasteiger partial charge in [0.2, 0.25) is 0 Å². The highest BCUT2D eigenvalue weighted by atomic mass is 15.0. The van der Waals surface area contributed by atoms with Crippen molar-refractivity contribution >= 4 is 43.4 Å². The monoisotopic (exact) mass is 576 g/mol. The molecule has 0 saturated carbocycles. The summed E-state index contributed by atoms with van der Waals surface area (Å²) in [6.07, 6.45) is 8.39. The third kappa shape index (κ3) is 4.77. The first-order valence-electron chi connectivity index (χ1n) is 15.5. The van der Waals surface area contributed by atoms with Gasteiger partial charge < -0.3 is 10.3 Å². The molecular weight excluding hydrogens is 544 g/mol. The van der Waals surface area contributed by atoms with Crippen molar-refractivity contribution in [2.45, 2.75) is 6.42 Å². The van der Waals surface area contributed by atoms with E-state index in [1.165, 1.54) is 71.2 Å². The van der Waals surface area contributed by atoms with E-state index in [1.807, 2.05) is 12.2 Å². The molecule has 8 rings (SSSR count). The van der Waals surface area contributed by atoms with Crippen molar-refractivity contribution in [3.8, 4) is 27.9 Å². The summed E-state index contributed by atoms with van der Waals surface area (Å²) >= 11 is 0. The molecule has 0 aliphatic heterocycles. The summed E-state index contributed by atoms with van der Waals surface area (Å²) in [5, 5.41) is 7.54. The van der Waals surface area contributed by atoms with E-state index in [0.29, 0.717) is 0 Å². The Balaban J connectivity index is 1.30. The zero-order chi connectivity index (χ0) is 30.2. The third-order valence-corrected chi connectivity index (χ3v) is 8.86. The van der Waals surface area contributed by atoms with Crippen molar-refractivity contribution in [3.63, 3.8) is 0 Å². The van der Waals surface area contributed by atoms with E-state index in [-0.39, 0.29) is 0 Å². The van der Waals surface area contributed by atoms with Crippen LogP contribution in [0, 0.1) is 0 Å². The van der Waals surface area contributed by atoms with Crippen LogP contribution < -0.4 is 5.73 Å². The Hall–Kier alpha value is -5.86. The SMILES string of the molecule is N/C=C\C=C/Cc1ccc(-c2ccc3c4ccc5cc(-c6cccc7ccccc67)ccc5c4n(-c4ccccc4)c3c2)cc1. The molecule has 0 bridgehead atoms. The summed E-state index contributed by atoms with van der Waals surface area (Å²) in [5.74, 6) is 0. The van der Waals surface area contributed by atoms with E-state index in [4.69, 9.17) is 5.73 Å². The topological polar surface area (TPSA) is 30.9 Å². The van der Waals surface area contributed by atoms with Gasteiger partial charge in [-0.3, -0.25) is 0 Å². The number of hydrogen-bond acceptors (Lipinski definition) is 1. The number of nitrogens with zero attached hydrogens (tertiary/aromatic N) is 1. The van der Waals surface area contributed by atoms with E-state index < -0.39 is 0 Å². The number of allylic oxidation sites excluding steroid dienone is 3. The molecular formula is C43H32N2. The molecule has 2 nitrogen and oxygen atoms in total. The molecule has 0 fully saturated rings. The van der Waals surface area contributed by atoms with E-state index in [0.717, 1.165) is 12.1 Å². The number of aromatic nitrogens is 1. The summed E-state index contributed by atoms with van der Waals surface area (Å²) in [6, 6.07) is 53.2. The summed E-state index contributed by atoms with van der Waals surface area (Å²) < 4.78 is 2.44. The molecule has 0 aliphatic rings. The predicted octanol–water partition coefficient (Wildman–Crippen LogP) is 11.0. The van der Waals surface area contributed by atoms with Gasteiger partial charge in [-0.25, -0.2) is 0 Å². The Labute approximate surface area is 263 Å².